The Morgan fingerprint density at radius 2 is 1.32 bits per heavy atom. The lowest BCUT2D eigenvalue weighted by molar-refractivity contribution is -0.274. The number of anilines is 2. The Morgan fingerprint density at radius 1 is 0.675 bits per heavy atom. The van der Waals surface area contributed by atoms with Gasteiger partial charge in [0.15, 0.2) is 0 Å². The van der Waals surface area contributed by atoms with Gasteiger partial charge >= 0.3 is 12.5 Å². The Bertz CT molecular complexity index is 1720. The van der Waals surface area contributed by atoms with E-state index in [-0.39, 0.29) is 11.4 Å². The molecule has 0 bridgehead atoms. The maximum Gasteiger partial charge on any atom is 0.573 e. The van der Waals surface area contributed by atoms with Crippen LogP contribution >= 0.6 is 11.3 Å². The maximum atomic E-state index is 13.1. The van der Waals surface area contributed by atoms with Crippen molar-refractivity contribution in [1.82, 2.24) is 0 Å². The second-order valence-electron chi connectivity index (χ2n) is 7.99. The third kappa shape index (κ3) is 7.05. The van der Waals surface area contributed by atoms with Gasteiger partial charge in [0, 0.05) is 4.88 Å². The lowest BCUT2D eigenvalue weighted by atomic mass is 10.1. The number of hydrogen-bond donors (Lipinski definition) is 2. The smallest absolute Gasteiger partial charge is 0.406 e. The summed E-state index contributed by atoms with van der Waals surface area (Å²) in [4.78, 5) is -0.518. The molecule has 2 N–H and O–H groups in total. The summed E-state index contributed by atoms with van der Waals surface area (Å²) < 4.78 is 137. The molecule has 0 spiro atoms. The second kappa shape index (κ2) is 10.7. The van der Waals surface area contributed by atoms with Crippen LogP contribution in [0.15, 0.2) is 94.0 Å². The number of ether oxygens (including phenoxy) is 1. The molecule has 0 amide bonds. The molecule has 16 heteroatoms. The zero-order chi connectivity index (χ0) is 29.3. The lowest BCUT2D eigenvalue weighted by Crippen LogP contribution is -2.19. The van der Waals surface area contributed by atoms with Gasteiger partial charge in [-0.2, -0.15) is 13.2 Å². The summed E-state index contributed by atoms with van der Waals surface area (Å²) in [6.45, 7) is 0. The first-order valence-electron chi connectivity index (χ1n) is 10.8. The quantitative estimate of drug-likeness (QED) is 0.208. The van der Waals surface area contributed by atoms with Crippen molar-refractivity contribution < 1.29 is 47.9 Å². The number of alkyl halides is 6. The van der Waals surface area contributed by atoms with E-state index in [0.717, 1.165) is 36.4 Å². The van der Waals surface area contributed by atoms with E-state index >= 15 is 0 Å². The van der Waals surface area contributed by atoms with E-state index in [2.05, 4.69) is 14.2 Å². The van der Waals surface area contributed by atoms with Gasteiger partial charge in [0.05, 0.1) is 26.7 Å². The molecule has 0 aliphatic rings. The maximum absolute atomic E-state index is 13.1. The van der Waals surface area contributed by atoms with E-state index in [1.54, 1.807) is 17.5 Å². The van der Waals surface area contributed by atoms with Crippen LogP contribution in [0.5, 0.6) is 5.75 Å². The molecule has 212 valence electrons. The molecule has 4 rings (SSSR count). The summed E-state index contributed by atoms with van der Waals surface area (Å²) in [7, 11) is -9.13. The first-order chi connectivity index (χ1) is 18.5. The molecular formula is C24H16F6N2O5S3. The summed E-state index contributed by atoms with van der Waals surface area (Å²) >= 11 is 1.30. The van der Waals surface area contributed by atoms with Crippen molar-refractivity contribution in [2.24, 2.45) is 0 Å². The van der Waals surface area contributed by atoms with Crippen molar-refractivity contribution in [3.63, 3.8) is 0 Å². The van der Waals surface area contributed by atoms with Crippen molar-refractivity contribution in [3.8, 4) is 16.2 Å². The molecule has 0 saturated heterocycles. The van der Waals surface area contributed by atoms with E-state index < -0.39 is 53.7 Å². The highest BCUT2D eigenvalue weighted by Crippen LogP contribution is 2.35. The van der Waals surface area contributed by atoms with E-state index in [9.17, 15) is 43.2 Å². The molecule has 0 aliphatic carbocycles. The van der Waals surface area contributed by atoms with Gasteiger partial charge < -0.3 is 4.74 Å². The van der Waals surface area contributed by atoms with Gasteiger partial charge in [-0.1, -0.05) is 18.2 Å². The average Bonchev–Trinajstić information content (AvgIpc) is 3.39. The van der Waals surface area contributed by atoms with E-state index in [1.807, 2.05) is 0 Å². The van der Waals surface area contributed by atoms with Crippen molar-refractivity contribution in [2.75, 3.05) is 9.44 Å². The molecule has 7 nitrogen and oxygen atoms in total. The van der Waals surface area contributed by atoms with Gasteiger partial charge in [0.1, 0.15) is 5.75 Å². The van der Waals surface area contributed by atoms with Crippen LogP contribution in [0.2, 0.25) is 0 Å². The zero-order valence-corrected chi connectivity index (χ0v) is 22.1. The summed E-state index contributed by atoms with van der Waals surface area (Å²) in [6.07, 6.45) is -9.80. The Labute approximate surface area is 228 Å². The first-order valence-corrected chi connectivity index (χ1v) is 14.6. The van der Waals surface area contributed by atoms with E-state index in [4.69, 9.17) is 0 Å². The topological polar surface area (TPSA) is 102 Å². The SMILES string of the molecule is O=S(=O)(Nc1ccc(-c2cccs2)cc1NS(=O)(=O)c1ccc(OC(F)(F)F)cc1)c1cccc(C(F)(F)F)c1. The number of halogens is 6. The monoisotopic (exact) mass is 622 g/mol. The van der Waals surface area contributed by atoms with Gasteiger partial charge in [-0.3, -0.25) is 9.44 Å². The van der Waals surface area contributed by atoms with Gasteiger partial charge in [-0.05, 0) is 71.6 Å². The van der Waals surface area contributed by atoms with Crippen LogP contribution in [0.3, 0.4) is 0 Å². The van der Waals surface area contributed by atoms with Crippen LogP contribution < -0.4 is 14.2 Å². The van der Waals surface area contributed by atoms with Gasteiger partial charge in [-0.25, -0.2) is 16.8 Å². The Balaban J connectivity index is 1.71. The Morgan fingerprint density at radius 3 is 1.93 bits per heavy atom. The van der Waals surface area contributed by atoms with Gasteiger partial charge in [0.2, 0.25) is 0 Å². The first kappa shape index (κ1) is 29.2. The number of nitrogens with one attached hydrogen (secondary N) is 2. The average molecular weight is 623 g/mol. The second-order valence-corrected chi connectivity index (χ2v) is 12.3. The van der Waals surface area contributed by atoms with E-state index in [0.29, 0.717) is 22.6 Å². The normalized spacial score (nSPS) is 12.7. The van der Waals surface area contributed by atoms with Crippen molar-refractivity contribution in [1.29, 1.82) is 0 Å². The van der Waals surface area contributed by atoms with Crippen LogP contribution in [-0.4, -0.2) is 23.2 Å². The molecule has 0 fully saturated rings. The highest BCUT2D eigenvalue weighted by Gasteiger charge is 2.32. The standard InChI is InChI=1S/C24H16F6N2O5S3/c25-23(26,27)16-3-1-4-19(14-16)40(35,36)31-20-11-6-15(22-5-2-12-38-22)13-21(20)32-39(33,34)18-9-7-17(8-10-18)37-24(28,29)30/h1-14,31-32H. The zero-order valence-electron chi connectivity index (χ0n) is 19.6. The number of rotatable bonds is 8. The molecule has 3 aromatic carbocycles. The molecule has 1 aromatic heterocycles. The molecule has 0 radical (unpaired) electrons. The molecule has 0 saturated carbocycles. The predicted molar refractivity (Wildman–Crippen MR) is 136 cm³/mol. The summed E-state index contributed by atoms with van der Waals surface area (Å²) in [5, 5.41) is 1.74. The number of thiophene rings is 1. The van der Waals surface area contributed by atoms with Crippen molar-refractivity contribution in [3.05, 3.63) is 89.8 Å². The largest absolute Gasteiger partial charge is 0.573 e. The molecule has 0 unspecified atom stereocenters. The fourth-order valence-electron chi connectivity index (χ4n) is 3.38. The number of sulfonamides is 2. The third-order valence-electron chi connectivity index (χ3n) is 5.15. The minimum absolute atomic E-state index is 0.294. The fraction of sp³-hybridized carbons (Fsp3) is 0.0833. The van der Waals surface area contributed by atoms with Crippen LogP contribution in [0.1, 0.15) is 5.56 Å². The minimum Gasteiger partial charge on any atom is -0.406 e. The minimum atomic E-state index is -4.99. The number of benzene rings is 3. The van der Waals surface area contributed by atoms with Crippen LogP contribution in [0, 0.1) is 0 Å². The van der Waals surface area contributed by atoms with Crippen LogP contribution in [0.4, 0.5) is 37.7 Å². The molecule has 1 heterocycles. The summed E-state index contributed by atoms with van der Waals surface area (Å²) in [6, 6.07) is 13.6. The van der Waals surface area contributed by atoms with Gasteiger partial charge in [0.25, 0.3) is 20.0 Å². The predicted octanol–water partition coefficient (Wildman–Crippen LogP) is 6.93. The van der Waals surface area contributed by atoms with Crippen LogP contribution in [0.25, 0.3) is 10.4 Å². The van der Waals surface area contributed by atoms with Gasteiger partial charge in [-0.15, -0.1) is 24.5 Å². The van der Waals surface area contributed by atoms with Crippen molar-refractivity contribution in [2.45, 2.75) is 22.3 Å². The summed E-state index contributed by atoms with van der Waals surface area (Å²) in [5.74, 6) is -0.666. The van der Waals surface area contributed by atoms with E-state index in [1.165, 1.54) is 29.5 Å². The fourth-order valence-corrected chi connectivity index (χ4v) is 6.30. The molecule has 40 heavy (non-hydrogen) atoms. The van der Waals surface area contributed by atoms with Crippen LogP contribution in [-0.2, 0) is 26.2 Å². The Hall–Kier alpha value is -3.76. The lowest BCUT2D eigenvalue weighted by Gasteiger charge is -2.17. The van der Waals surface area contributed by atoms with Crippen molar-refractivity contribution >= 4 is 42.8 Å². The number of hydrogen-bond acceptors (Lipinski definition) is 6. The highest BCUT2D eigenvalue weighted by atomic mass is 32.2. The molecule has 4 aromatic rings. The third-order valence-corrected chi connectivity index (χ3v) is 8.82. The Kier molecular flexibility index (Phi) is 7.79. The summed E-state index contributed by atoms with van der Waals surface area (Å²) in [5.41, 5.74) is -1.35. The highest BCUT2D eigenvalue weighted by molar-refractivity contribution is 7.93. The molecule has 0 atom stereocenters. The molecular weight excluding hydrogens is 606 g/mol. The molecule has 0 aliphatic heterocycles.